The molecule has 0 N–H and O–H groups in total. The smallest absolute Gasteiger partial charge is 0.140 e. The molecule has 0 unspecified atom stereocenters. The van der Waals surface area contributed by atoms with Crippen molar-refractivity contribution in [2.45, 2.75) is 0 Å². The molecule has 1 rings (SSSR count). The van der Waals surface area contributed by atoms with Crippen LogP contribution in [0.5, 0.6) is 0 Å². The molecule has 0 saturated heterocycles. The van der Waals surface area contributed by atoms with Gasteiger partial charge in [-0.25, -0.2) is 8.78 Å². The first-order valence-electron chi connectivity index (χ1n) is 3.34. The zero-order chi connectivity index (χ0) is 9.84. The first kappa shape index (κ1) is 10.7. The quantitative estimate of drug-likeness (QED) is 0.391. The molecule has 0 aliphatic carbocycles. The Hall–Kier alpha value is -0.400. The van der Waals surface area contributed by atoms with Crippen LogP contribution in [0.1, 0.15) is 5.56 Å². The van der Waals surface area contributed by atoms with Gasteiger partial charge in [0.15, 0.2) is 0 Å². The van der Waals surface area contributed by atoms with E-state index in [1.807, 2.05) is 0 Å². The number of halogens is 4. The summed E-state index contributed by atoms with van der Waals surface area (Å²) in [4.78, 5) is 0. The van der Waals surface area contributed by atoms with Crippen LogP contribution in [0.3, 0.4) is 0 Å². The van der Waals surface area contributed by atoms with Gasteiger partial charge < -0.3 is 0 Å². The molecule has 0 bridgehead atoms. The van der Waals surface area contributed by atoms with Gasteiger partial charge in [-0.1, -0.05) is 27.8 Å². The van der Waals surface area contributed by atoms with Crippen molar-refractivity contribution in [2.24, 2.45) is 0 Å². The Labute approximate surface area is 91.6 Å². The van der Waals surface area contributed by atoms with Gasteiger partial charge in [-0.05, 0) is 28.1 Å². The van der Waals surface area contributed by atoms with E-state index in [4.69, 9.17) is 0 Å². The zero-order valence-electron chi connectivity index (χ0n) is 6.37. The van der Waals surface area contributed by atoms with E-state index in [0.717, 1.165) is 12.1 Å². The molecule has 1 aromatic rings. The average Bonchev–Trinajstić information content (AvgIpc) is 2.09. The topological polar surface area (TPSA) is 0 Å². The van der Waals surface area contributed by atoms with Crippen molar-refractivity contribution in [3.05, 3.63) is 33.8 Å². The van der Waals surface area contributed by atoms with Crippen LogP contribution in [0, 0.1) is 23.5 Å². The molecule has 13 heavy (non-hydrogen) atoms. The van der Waals surface area contributed by atoms with Gasteiger partial charge in [0.1, 0.15) is 11.6 Å². The van der Waals surface area contributed by atoms with E-state index < -0.39 is 11.6 Å². The second kappa shape index (κ2) is 4.73. The highest BCUT2D eigenvalue weighted by atomic mass is 79.9. The van der Waals surface area contributed by atoms with E-state index in [-0.39, 0.29) is 10.0 Å². The van der Waals surface area contributed by atoms with Crippen molar-refractivity contribution in [2.75, 3.05) is 5.33 Å². The molecule has 68 valence electrons. The predicted molar refractivity (Wildman–Crippen MR) is 54.7 cm³/mol. The lowest BCUT2D eigenvalue weighted by Gasteiger charge is -1.97. The lowest BCUT2D eigenvalue weighted by molar-refractivity contribution is 0.592. The van der Waals surface area contributed by atoms with Crippen molar-refractivity contribution in [1.82, 2.24) is 0 Å². The fourth-order valence-corrected chi connectivity index (χ4v) is 1.20. The number of hydrogen-bond donors (Lipinski definition) is 0. The van der Waals surface area contributed by atoms with Crippen LogP contribution in [-0.2, 0) is 0 Å². The molecule has 4 heteroatoms. The summed E-state index contributed by atoms with van der Waals surface area (Å²) in [5.41, 5.74) is 0.0696. The fourth-order valence-electron chi connectivity index (χ4n) is 0.747. The van der Waals surface area contributed by atoms with Gasteiger partial charge in [0, 0.05) is 0 Å². The van der Waals surface area contributed by atoms with E-state index in [1.54, 1.807) is 0 Å². The second-order valence-electron chi connectivity index (χ2n) is 2.18. The van der Waals surface area contributed by atoms with Crippen LogP contribution >= 0.6 is 31.9 Å². The van der Waals surface area contributed by atoms with E-state index in [2.05, 4.69) is 43.7 Å². The minimum Gasteiger partial charge on any atom is -0.206 e. The molecule has 0 amide bonds. The highest BCUT2D eigenvalue weighted by Crippen LogP contribution is 2.19. The van der Waals surface area contributed by atoms with Crippen molar-refractivity contribution in [3.8, 4) is 11.8 Å². The maximum Gasteiger partial charge on any atom is 0.140 e. The van der Waals surface area contributed by atoms with Crippen LogP contribution < -0.4 is 0 Å². The van der Waals surface area contributed by atoms with Crippen molar-refractivity contribution in [1.29, 1.82) is 0 Å². The fraction of sp³-hybridized carbons (Fsp3) is 0.111. The van der Waals surface area contributed by atoms with Crippen LogP contribution in [-0.4, -0.2) is 5.33 Å². The van der Waals surface area contributed by atoms with Gasteiger partial charge >= 0.3 is 0 Å². The van der Waals surface area contributed by atoms with Gasteiger partial charge in [0.25, 0.3) is 0 Å². The van der Waals surface area contributed by atoms with Crippen LogP contribution in [0.15, 0.2) is 16.6 Å². The van der Waals surface area contributed by atoms with E-state index in [0.29, 0.717) is 5.33 Å². The molecule has 0 spiro atoms. The van der Waals surface area contributed by atoms with Crippen molar-refractivity contribution < 1.29 is 8.78 Å². The Bertz CT molecular complexity index is 377. The number of alkyl halides is 1. The zero-order valence-corrected chi connectivity index (χ0v) is 9.55. The second-order valence-corrected chi connectivity index (χ2v) is 3.60. The first-order chi connectivity index (χ1) is 6.15. The minimum atomic E-state index is -0.526. The molecule has 1 aromatic carbocycles. The third-order valence-electron chi connectivity index (χ3n) is 1.30. The standard InChI is InChI=1S/C9H4Br2F2/c10-3-1-2-6-4-9(13)7(11)5-8(6)12/h4-5H,3H2. The van der Waals surface area contributed by atoms with Gasteiger partial charge in [-0.15, -0.1) is 0 Å². The lowest BCUT2D eigenvalue weighted by Crippen LogP contribution is -1.87. The number of hydrogen-bond acceptors (Lipinski definition) is 0. The van der Waals surface area contributed by atoms with E-state index >= 15 is 0 Å². The number of rotatable bonds is 0. The Kier molecular flexibility index (Phi) is 3.89. The predicted octanol–water partition coefficient (Wildman–Crippen LogP) is 3.47. The van der Waals surface area contributed by atoms with E-state index in [9.17, 15) is 8.78 Å². The molecule has 0 atom stereocenters. The molecule has 0 aliphatic heterocycles. The van der Waals surface area contributed by atoms with E-state index in [1.165, 1.54) is 0 Å². The molecule has 0 aromatic heterocycles. The summed E-state index contributed by atoms with van der Waals surface area (Å²) in [6, 6.07) is 2.13. The van der Waals surface area contributed by atoms with Crippen LogP contribution in [0.2, 0.25) is 0 Å². The maximum absolute atomic E-state index is 13.0. The monoisotopic (exact) mass is 308 g/mol. The summed E-state index contributed by atoms with van der Waals surface area (Å²) in [6.45, 7) is 0. The normalized spacial score (nSPS) is 9.23. The molecule has 0 nitrogen and oxygen atoms in total. The Balaban J connectivity index is 3.16. The molecule has 0 fully saturated rings. The molecular weight excluding hydrogens is 306 g/mol. The van der Waals surface area contributed by atoms with Gasteiger partial charge in [-0.3, -0.25) is 0 Å². The Morgan fingerprint density at radius 3 is 2.54 bits per heavy atom. The molecule has 0 saturated carbocycles. The van der Waals surface area contributed by atoms with Gasteiger partial charge in [0.2, 0.25) is 0 Å². The first-order valence-corrected chi connectivity index (χ1v) is 5.26. The SMILES string of the molecule is Fc1cc(C#CCBr)c(F)cc1Br. The third-order valence-corrected chi connectivity index (χ3v) is 2.19. The van der Waals surface area contributed by atoms with Gasteiger partial charge in [0.05, 0.1) is 15.4 Å². The molecule has 0 heterocycles. The summed E-state index contributed by atoms with van der Waals surface area (Å²) >= 11 is 5.94. The van der Waals surface area contributed by atoms with Crippen molar-refractivity contribution in [3.63, 3.8) is 0 Å². The largest absolute Gasteiger partial charge is 0.206 e. The van der Waals surface area contributed by atoms with Crippen LogP contribution in [0.4, 0.5) is 8.78 Å². The molecule has 0 aliphatic rings. The maximum atomic E-state index is 13.0. The minimum absolute atomic E-state index is 0.0696. The summed E-state index contributed by atoms with van der Waals surface area (Å²) in [7, 11) is 0. The lowest BCUT2D eigenvalue weighted by atomic mass is 10.2. The summed E-state index contributed by atoms with van der Waals surface area (Å²) in [5.74, 6) is 4.05. The molecule has 0 radical (unpaired) electrons. The Morgan fingerprint density at radius 1 is 1.23 bits per heavy atom. The molecular formula is C9H4Br2F2. The number of benzene rings is 1. The Morgan fingerprint density at radius 2 is 1.92 bits per heavy atom. The van der Waals surface area contributed by atoms with Crippen molar-refractivity contribution >= 4 is 31.9 Å². The third kappa shape index (κ3) is 2.78. The summed E-state index contributed by atoms with van der Waals surface area (Å²) in [6.07, 6.45) is 0. The van der Waals surface area contributed by atoms with Gasteiger partial charge in [-0.2, -0.15) is 0 Å². The highest BCUT2D eigenvalue weighted by molar-refractivity contribution is 9.10. The average molecular weight is 310 g/mol. The summed E-state index contributed by atoms with van der Waals surface area (Å²) in [5, 5.41) is 0.435. The summed E-state index contributed by atoms with van der Waals surface area (Å²) < 4.78 is 26.0. The van der Waals surface area contributed by atoms with Crippen LogP contribution in [0.25, 0.3) is 0 Å². The highest BCUT2D eigenvalue weighted by Gasteiger charge is 2.05.